The molecule has 0 heterocycles. The van der Waals surface area contributed by atoms with Gasteiger partial charge in [0.2, 0.25) is 0 Å². The zero-order chi connectivity index (χ0) is 20.6. The van der Waals surface area contributed by atoms with Gasteiger partial charge in [-0.3, -0.25) is 4.79 Å². The van der Waals surface area contributed by atoms with E-state index >= 15 is 0 Å². The second-order valence-corrected chi connectivity index (χ2v) is 7.31. The Morgan fingerprint density at radius 1 is 1.04 bits per heavy atom. The van der Waals surface area contributed by atoms with Gasteiger partial charge in [0, 0.05) is 6.54 Å². The zero-order valence-corrected chi connectivity index (χ0v) is 16.7. The van der Waals surface area contributed by atoms with E-state index in [0.29, 0.717) is 17.9 Å². The van der Waals surface area contributed by atoms with Crippen molar-refractivity contribution in [2.45, 2.75) is 38.9 Å². The molecule has 2 aromatic rings. The smallest absolute Gasteiger partial charge is 0.407 e. The topological polar surface area (TPSA) is 73.9 Å². The lowest BCUT2D eigenvalue weighted by molar-refractivity contribution is -0.142. The molecule has 2 aromatic carbocycles. The highest BCUT2D eigenvalue weighted by Crippen LogP contribution is 2.23. The Balaban J connectivity index is 2.06. The normalized spacial score (nSPS) is 12.0. The van der Waals surface area contributed by atoms with Crippen LogP contribution in [0.25, 0.3) is 0 Å². The second kappa shape index (κ2) is 9.78. The fourth-order valence-electron chi connectivity index (χ4n) is 2.54. The third-order valence-electron chi connectivity index (χ3n) is 3.84. The van der Waals surface area contributed by atoms with E-state index in [0.717, 1.165) is 5.56 Å². The van der Waals surface area contributed by atoms with E-state index in [2.05, 4.69) is 5.32 Å². The van der Waals surface area contributed by atoms with Crippen LogP contribution in [0.4, 0.5) is 4.79 Å². The molecule has 0 radical (unpaired) electrons. The van der Waals surface area contributed by atoms with Crippen molar-refractivity contribution in [1.29, 1.82) is 0 Å². The minimum Gasteiger partial charge on any atom is -0.489 e. The molecule has 0 bridgehead atoms. The number of carbonyl (C=O) groups excluding carboxylic acids is 2. The van der Waals surface area contributed by atoms with Gasteiger partial charge in [-0.25, -0.2) is 4.79 Å². The number of esters is 1. The Labute approximate surface area is 165 Å². The molecule has 6 nitrogen and oxygen atoms in total. The molecule has 0 aliphatic carbocycles. The van der Waals surface area contributed by atoms with E-state index in [-0.39, 0.29) is 6.54 Å². The van der Waals surface area contributed by atoms with Crippen LogP contribution in [-0.2, 0) is 20.9 Å². The zero-order valence-electron chi connectivity index (χ0n) is 16.7. The lowest BCUT2D eigenvalue weighted by atomic mass is 9.99. The summed E-state index contributed by atoms with van der Waals surface area (Å²) in [7, 11) is 1.32. The van der Waals surface area contributed by atoms with Crippen molar-refractivity contribution in [3.8, 4) is 5.75 Å². The molecular formula is C22H27NO5. The van der Waals surface area contributed by atoms with Gasteiger partial charge in [-0.05, 0) is 44.0 Å². The summed E-state index contributed by atoms with van der Waals surface area (Å²) in [4.78, 5) is 24.2. The third kappa shape index (κ3) is 6.95. The molecule has 0 saturated heterocycles. The number of amides is 1. The fourth-order valence-corrected chi connectivity index (χ4v) is 2.54. The Hall–Kier alpha value is -3.02. The number of ether oxygens (including phenoxy) is 3. The second-order valence-electron chi connectivity index (χ2n) is 7.31. The Kier molecular flexibility index (Phi) is 7.44. The predicted molar refractivity (Wildman–Crippen MR) is 106 cm³/mol. The van der Waals surface area contributed by atoms with Crippen molar-refractivity contribution in [1.82, 2.24) is 5.32 Å². The number of methoxy groups -OCH3 is 1. The molecule has 1 unspecified atom stereocenters. The maximum absolute atomic E-state index is 12.2. The average molecular weight is 385 g/mol. The first-order chi connectivity index (χ1) is 13.3. The monoisotopic (exact) mass is 385 g/mol. The van der Waals surface area contributed by atoms with Gasteiger partial charge in [-0.2, -0.15) is 0 Å². The van der Waals surface area contributed by atoms with Gasteiger partial charge >= 0.3 is 12.1 Å². The maximum atomic E-state index is 12.2. The molecule has 0 aromatic heterocycles. The number of rotatable bonds is 7. The van der Waals surface area contributed by atoms with E-state index in [4.69, 9.17) is 14.2 Å². The highest BCUT2D eigenvalue weighted by Gasteiger charge is 2.24. The molecule has 1 amide bonds. The van der Waals surface area contributed by atoms with Gasteiger partial charge < -0.3 is 19.5 Å². The standard InChI is InChI=1S/C22H27NO5/c1-22(2,3)28-21(25)23-14-19(20(24)26-4)17-11-8-12-18(13-17)27-15-16-9-6-5-7-10-16/h5-13,19H,14-15H2,1-4H3,(H,23,25). The predicted octanol–water partition coefficient (Wildman–Crippen LogP) is 4.05. The summed E-state index contributed by atoms with van der Waals surface area (Å²) < 4.78 is 15.9. The summed E-state index contributed by atoms with van der Waals surface area (Å²) >= 11 is 0. The summed E-state index contributed by atoms with van der Waals surface area (Å²) in [6, 6.07) is 17.0. The highest BCUT2D eigenvalue weighted by atomic mass is 16.6. The minimum atomic E-state index is -0.669. The van der Waals surface area contributed by atoms with Crippen LogP contribution in [0.1, 0.15) is 37.8 Å². The van der Waals surface area contributed by atoms with Crippen molar-refractivity contribution >= 4 is 12.1 Å². The first-order valence-electron chi connectivity index (χ1n) is 9.10. The van der Waals surface area contributed by atoms with Crippen LogP contribution in [0.15, 0.2) is 54.6 Å². The number of hydrogen-bond donors (Lipinski definition) is 1. The van der Waals surface area contributed by atoms with E-state index in [9.17, 15) is 9.59 Å². The molecule has 1 atom stereocenters. The lowest BCUT2D eigenvalue weighted by Gasteiger charge is -2.21. The van der Waals surface area contributed by atoms with Gasteiger partial charge in [-0.1, -0.05) is 42.5 Å². The molecular weight excluding hydrogens is 358 g/mol. The molecule has 6 heteroatoms. The molecule has 0 spiro atoms. The molecule has 0 aliphatic rings. The molecule has 28 heavy (non-hydrogen) atoms. The van der Waals surface area contributed by atoms with Crippen LogP contribution in [-0.4, -0.2) is 31.3 Å². The van der Waals surface area contributed by atoms with Crippen LogP contribution >= 0.6 is 0 Å². The molecule has 0 fully saturated rings. The van der Waals surface area contributed by atoms with Crippen LogP contribution in [0.2, 0.25) is 0 Å². The van der Waals surface area contributed by atoms with Crippen LogP contribution in [0.3, 0.4) is 0 Å². The summed E-state index contributed by atoms with van der Waals surface area (Å²) in [6.45, 7) is 5.81. The van der Waals surface area contributed by atoms with E-state index in [1.54, 1.807) is 39.0 Å². The maximum Gasteiger partial charge on any atom is 0.407 e. The van der Waals surface area contributed by atoms with Gasteiger partial charge in [0.1, 0.15) is 18.0 Å². The van der Waals surface area contributed by atoms with Gasteiger partial charge in [0.05, 0.1) is 13.0 Å². The van der Waals surface area contributed by atoms with Gasteiger partial charge in [0.25, 0.3) is 0 Å². The number of nitrogens with one attached hydrogen (secondary N) is 1. The molecule has 0 aliphatic heterocycles. The van der Waals surface area contributed by atoms with Gasteiger partial charge in [0.15, 0.2) is 0 Å². The van der Waals surface area contributed by atoms with E-state index in [1.807, 2.05) is 36.4 Å². The number of alkyl carbamates (subject to hydrolysis) is 1. The summed E-state index contributed by atoms with van der Waals surface area (Å²) in [5.74, 6) is -0.485. The number of carbonyl (C=O) groups is 2. The van der Waals surface area contributed by atoms with Crippen molar-refractivity contribution in [2.24, 2.45) is 0 Å². The fraction of sp³-hybridized carbons (Fsp3) is 0.364. The number of benzene rings is 2. The Bertz CT molecular complexity index is 783. The van der Waals surface area contributed by atoms with Crippen molar-refractivity contribution in [3.63, 3.8) is 0 Å². The van der Waals surface area contributed by atoms with Crippen LogP contribution in [0.5, 0.6) is 5.75 Å². The Morgan fingerprint density at radius 3 is 2.39 bits per heavy atom. The highest BCUT2D eigenvalue weighted by molar-refractivity contribution is 5.79. The molecule has 150 valence electrons. The molecule has 0 saturated carbocycles. The molecule has 1 N–H and O–H groups in total. The summed E-state index contributed by atoms with van der Waals surface area (Å²) in [5.41, 5.74) is 1.12. The largest absolute Gasteiger partial charge is 0.489 e. The summed E-state index contributed by atoms with van der Waals surface area (Å²) in [5, 5.41) is 2.63. The van der Waals surface area contributed by atoms with Crippen LogP contribution in [0, 0.1) is 0 Å². The van der Waals surface area contributed by atoms with E-state index < -0.39 is 23.6 Å². The average Bonchev–Trinajstić information content (AvgIpc) is 2.66. The van der Waals surface area contributed by atoms with Crippen molar-refractivity contribution < 1.29 is 23.8 Å². The van der Waals surface area contributed by atoms with E-state index in [1.165, 1.54) is 7.11 Å². The first-order valence-corrected chi connectivity index (χ1v) is 9.10. The third-order valence-corrected chi connectivity index (χ3v) is 3.84. The van der Waals surface area contributed by atoms with Crippen molar-refractivity contribution in [2.75, 3.05) is 13.7 Å². The first kappa shape index (κ1) is 21.3. The van der Waals surface area contributed by atoms with Gasteiger partial charge in [-0.15, -0.1) is 0 Å². The molecule has 2 rings (SSSR count). The quantitative estimate of drug-likeness (QED) is 0.728. The SMILES string of the molecule is COC(=O)C(CNC(=O)OC(C)(C)C)c1cccc(OCc2ccccc2)c1. The van der Waals surface area contributed by atoms with Crippen molar-refractivity contribution in [3.05, 3.63) is 65.7 Å². The Morgan fingerprint density at radius 2 is 1.75 bits per heavy atom. The minimum absolute atomic E-state index is 0.0593. The summed E-state index contributed by atoms with van der Waals surface area (Å²) in [6.07, 6.45) is -0.585. The lowest BCUT2D eigenvalue weighted by Crippen LogP contribution is -2.36. The van der Waals surface area contributed by atoms with Crippen LogP contribution < -0.4 is 10.1 Å². The number of hydrogen-bond acceptors (Lipinski definition) is 5.